The second-order valence-corrected chi connectivity index (χ2v) is 10.7. The molecule has 0 bridgehead atoms. The van der Waals surface area contributed by atoms with Gasteiger partial charge in [0.2, 0.25) is 5.91 Å². The number of piperidine rings is 1. The second-order valence-electron chi connectivity index (χ2n) is 10.7. The maximum absolute atomic E-state index is 14.0. The summed E-state index contributed by atoms with van der Waals surface area (Å²) in [6.45, 7) is 3.50. The number of amidine groups is 1. The molecule has 3 aromatic rings. The first-order valence-corrected chi connectivity index (χ1v) is 13.9. The maximum atomic E-state index is 14.0. The van der Waals surface area contributed by atoms with E-state index in [2.05, 4.69) is 28.1 Å². The molecular weight excluding hydrogens is 492 g/mol. The molecule has 1 saturated carbocycles. The summed E-state index contributed by atoms with van der Waals surface area (Å²) in [5, 5.41) is 10.9. The van der Waals surface area contributed by atoms with Crippen LogP contribution in [-0.4, -0.2) is 51.4 Å². The van der Waals surface area contributed by atoms with Gasteiger partial charge in [0, 0.05) is 37.3 Å². The van der Waals surface area contributed by atoms with Crippen molar-refractivity contribution in [1.82, 2.24) is 14.5 Å². The van der Waals surface area contributed by atoms with Crippen LogP contribution in [0.5, 0.6) is 0 Å². The smallest absolute Gasteiger partial charge is 0.305 e. The zero-order valence-electron chi connectivity index (χ0n) is 22.8. The summed E-state index contributed by atoms with van der Waals surface area (Å²) in [5.41, 5.74) is 9.62. The first kappa shape index (κ1) is 26.7. The molecule has 1 aromatic heterocycles. The topological polar surface area (TPSA) is 126 Å². The van der Waals surface area contributed by atoms with Gasteiger partial charge in [-0.3, -0.25) is 15.0 Å². The van der Waals surface area contributed by atoms with Crippen LogP contribution in [0.25, 0.3) is 11.0 Å². The second kappa shape index (κ2) is 11.1. The molecule has 2 aliphatic rings. The Bertz CT molecular complexity index is 1380. The number of hydrogen-bond acceptors (Lipinski definition) is 6. The average Bonchev–Trinajstić information content (AvgIpc) is 3.70. The van der Waals surface area contributed by atoms with Gasteiger partial charge in [0.05, 0.1) is 29.6 Å². The van der Waals surface area contributed by atoms with Crippen LogP contribution in [0.4, 0.5) is 5.69 Å². The summed E-state index contributed by atoms with van der Waals surface area (Å²) in [6, 6.07) is 13.8. The third kappa shape index (κ3) is 5.48. The van der Waals surface area contributed by atoms with E-state index in [1.165, 1.54) is 0 Å². The van der Waals surface area contributed by atoms with Crippen LogP contribution >= 0.6 is 0 Å². The van der Waals surface area contributed by atoms with Gasteiger partial charge in [-0.05, 0) is 87.4 Å². The molecule has 2 heterocycles. The molecule has 2 aromatic carbocycles. The molecule has 2 fully saturated rings. The van der Waals surface area contributed by atoms with E-state index in [0.29, 0.717) is 31.6 Å². The van der Waals surface area contributed by atoms with E-state index in [9.17, 15) is 9.59 Å². The summed E-state index contributed by atoms with van der Waals surface area (Å²) in [6.07, 6.45) is 5.73. The number of anilines is 1. The minimum absolute atomic E-state index is 0.0482. The van der Waals surface area contributed by atoms with Crippen molar-refractivity contribution in [2.75, 3.05) is 18.5 Å². The summed E-state index contributed by atoms with van der Waals surface area (Å²) < 4.78 is 7.19. The summed E-state index contributed by atoms with van der Waals surface area (Å²) in [7, 11) is 2.00. The number of hydrogen-bond donors (Lipinski definition) is 3. The largest absolute Gasteiger partial charge is 0.466 e. The quantitative estimate of drug-likeness (QED) is 0.205. The molecule has 1 aliphatic carbocycles. The molecule has 206 valence electrons. The number of carbonyl (C=O) groups excluding carboxylic acids is 2. The fourth-order valence-electron chi connectivity index (χ4n) is 5.77. The molecular formula is C30H38N6O3. The van der Waals surface area contributed by atoms with Crippen molar-refractivity contribution in [3.63, 3.8) is 0 Å². The van der Waals surface area contributed by atoms with Gasteiger partial charge in [-0.1, -0.05) is 6.07 Å². The predicted octanol–water partition coefficient (Wildman–Crippen LogP) is 4.23. The molecule has 0 spiro atoms. The first-order chi connectivity index (χ1) is 18.8. The van der Waals surface area contributed by atoms with Crippen molar-refractivity contribution in [2.45, 2.75) is 69.9 Å². The molecule has 1 unspecified atom stereocenters. The van der Waals surface area contributed by atoms with E-state index in [4.69, 9.17) is 20.9 Å². The van der Waals surface area contributed by atoms with Gasteiger partial charge in [-0.15, -0.1) is 0 Å². The normalized spacial score (nSPS) is 18.1. The molecule has 4 N–H and O–H groups in total. The number of nitrogens with one attached hydrogen (secondary N) is 2. The Kier molecular flexibility index (Phi) is 7.59. The van der Waals surface area contributed by atoms with Crippen LogP contribution in [0.15, 0.2) is 42.5 Å². The number of nitrogens with zero attached hydrogens (tertiary/aromatic N) is 3. The van der Waals surface area contributed by atoms with Crippen molar-refractivity contribution in [2.24, 2.45) is 12.8 Å². The van der Waals surface area contributed by atoms with E-state index in [-0.39, 0.29) is 23.8 Å². The summed E-state index contributed by atoms with van der Waals surface area (Å²) in [5.74, 6) is 0.953. The van der Waals surface area contributed by atoms with Crippen LogP contribution in [0.2, 0.25) is 0 Å². The zero-order chi connectivity index (χ0) is 27.6. The lowest BCUT2D eigenvalue weighted by molar-refractivity contribution is -0.145. The number of imidazole rings is 1. The lowest BCUT2D eigenvalue weighted by atomic mass is 9.90. The number of aryl methyl sites for hydroxylation is 1. The molecule has 9 nitrogen and oxygen atoms in total. The lowest BCUT2D eigenvalue weighted by Gasteiger charge is -2.38. The Morgan fingerprint density at radius 2 is 1.95 bits per heavy atom. The Balaban J connectivity index is 1.31. The van der Waals surface area contributed by atoms with Gasteiger partial charge in [-0.2, -0.15) is 0 Å². The molecule has 1 amide bonds. The number of nitrogen functional groups attached to an aromatic ring is 1. The Morgan fingerprint density at radius 3 is 2.64 bits per heavy atom. The highest BCUT2D eigenvalue weighted by atomic mass is 16.5. The highest BCUT2D eigenvalue weighted by Crippen LogP contribution is 2.51. The minimum Gasteiger partial charge on any atom is -0.466 e. The molecule has 1 atom stereocenters. The molecule has 9 heteroatoms. The third-order valence-corrected chi connectivity index (χ3v) is 8.21. The summed E-state index contributed by atoms with van der Waals surface area (Å²) >= 11 is 0. The van der Waals surface area contributed by atoms with Crippen LogP contribution in [0, 0.1) is 5.41 Å². The standard InChI is InChI=1S/C30H38N6O3/c1-3-39-27(37)14-12-23-6-4-5-17-36(23)29(38)30(15-16-30)21-9-13-25-24(18-21)34-26(35(25)2)19-33-22-10-7-20(8-11-22)28(31)32/h7-11,13,18,23,33H,3-6,12,14-17,19H2,1-2H3,(H3,31,32). The van der Waals surface area contributed by atoms with Gasteiger partial charge in [0.15, 0.2) is 0 Å². The maximum Gasteiger partial charge on any atom is 0.305 e. The van der Waals surface area contributed by atoms with Gasteiger partial charge < -0.3 is 25.3 Å². The van der Waals surface area contributed by atoms with Gasteiger partial charge in [-0.25, -0.2) is 4.98 Å². The number of aromatic nitrogens is 2. The van der Waals surface area contributed by atoms with Crippen LogP contribution < -0.4 is 11.1 Å². The van der Waals surface area contributed by atoms with Gasteiger partial charge in [0.25, 0.3) is 0 Å². The minimum atomic E-state index is -0.484. The van der Waals surface area contributed by atoms with Crippen LogP contribution in [-0.2, 0) is 33.3 Å². The molecule has 5 rings (SSSR count). The number of ether oxygens (including phenoxy) is 1. The molecule has 0 radical (unpaired) electrons. The fourth-order valence-corrected chi connectivity index (χ4v) is 5.77. The number of likely N-dealkylation sites (tertiary alicyclic amines) is 1. The van der Waals surface area contributed by atoms with Gasteiger partial charge in [0.1, 0.15) is 11.7 Å². The highest BCUT2D eigenvalue weighted by Gasteiger charge is 2.54. The number of carbonyl (C=O) groups is 2. The van der Waals surface area contributed by atoms with Crippen molar-refractivity contribution < 1.29 is 14.3 Å². The van der Waals surface area contributed by atoms with Crippen molar-refractivity contribution in [3.05, 3.63) is 59.4 Å². The van der Waals surface area contributed by atoms with E-state index in [1.807, 2.05) is 43.1 Å². The summed E-state index contributed by atoms with van der Waals surface area (Å²) in [4.78, 5) is 32.9. The number of nitrogens with two attached hydrogens (primary N) is 1. The highest BCUT2D eigenvalue weighted by molar-refractivity contribution is 5.95. The van der Waals surface area contributed by atoms with Gasteiger partial charge >= 0.3 is 5.97 Å². The Labute approximate surface area is 229 Å². The van der Waals surface area contributed by atoms with E-state index in [1.54, 1.807) is 0 Å². The lowest BCUT2D eigenvalue weighted by Crippen LogP contribution is -2.48. The molecule has 1 saturated heterocycles. The average molecular weight is 531 g/mol. The van der Waals surface area contributed by atoms with Crippen LogP contribution in [0.3, 0.4) is 0 Å². The molecule has 39 heavy (non-hydrogen) atoms. The third-order valence-electron chi connectivity index (χ3n) is 8.21. The monoisotopic (exact) mass is 530 g/mol. The number of rotatable bonds is 10. The van der Waals surface area contributed by atoms with Crippen LogP contribution in [0.1, 0.15) is 68.8 Å². The van der Waals surface area contributed by atoms with Crippen molar-refractivity contribution in [1.29, 1.82) is 5.41 Å². The number of esters is 1. The number of fused-ring (bicyclic) bond motifs is 1. The van der Waals surface area contributed by atoms with E-state index < -0.39 is 5.41 Å². The number of amides is 1. The number of benzene rings is 2. The SMILES string of the molecule is CCOC(=O)CCC1CCCCN1C(=O)C1(c2ccc3c(c2)nc(CNc2ccc(C(=N)N)cc2)n3C)CC1. The fraction of sp³-hybridized carbons (Fsp3) is 0.467. The first-order valence-electron chi connectivity index (χ1n) is 13.9. The predicted molar refractivity (Wildman–Crippen MR) is 152 cm³/mol. The Hall–Kier alpha value is -3.88. The van der Waals surface area contributed by atoms with E-state index in [0.717, 1.165) is 66.8 Å². The van der Waals surface area contributed by atoms with Crippen molar-refractivity contribution in [3.8, 4) is 0 Å². The zero-order valence-corrected chi connectivity index (χ0v) is 22.8. The Morgan fingerprint density at radius 1 is 1.18 bits per heavy atom. The van der Waals surface area contributed by atoms with Crippen molar-refractivity contribution >= 4 is 34.4 Å². The molecule has 1 aliphatic heterocycles. The van der Waals surface area contributed by atoms with E-state index >= 15 is 0 Å².